The van der Waals surface area contributed by atoms with E-state index in [4.69, 9.17) is 4.74 Å². The molecule has 2 aromatic carbocycles. The van der Waals surface area contributed by atoms with Crippen molar-refractivity contribution in [3.63, 3.8) is 0 Å². The van der Waals surface area contributed by atoms with Crippen LogP contribution in [0.4, 0.5) is 4.79 Å². The molecule has 0 radical (unpaired) electrons. The molecule has 0 aliphatic carbocycles. The molecular formula is C30H35N3O2S. The highest BCUT2D eigenvalue weighted by atomic mass is 32.1. The minimum absolute atomic E-state index is 0.0952. The van der Waals surface area contributed by atoms with Crippen LogP contribution in [0.1, 0.15) is 38.8 Å². The Bertz CT molecular complexity index is 1270. The fourth-order valence-electron chi connectivity index (χ4n) is 4.15. The number of pyridine rings is 1. The molecule has 0 saturated carbocycles. The van der Waals surface area contributed by atoms with Gasteiger partial charge >= 0.3 is 6.09 Å². The number of fused-ring (bicyclic) bond motifs is 1. The van der Waals surface area contributed by atoms with E-state index in [1.165, 1.54) is 22.1 Å². The molecule has 0 bridgehead atoms. The van der Waals surface area contributed by atoms with Gasteiger partial charge in [0.05, 0.1) is 0 Å². The van der Waals surface area contributed by atoms with E-state index in [1.54, 1.807) is 11.3 Å². The average molecular weight is 502 g/mol. The summed E-state index contributed by atoms with van der Waals surface area (Å²) in [5.41, 5.74) is 4.23. The van der Waals surface area contributed by atoms with E-state index in [-0.39, 0.29) is 12.1 Å². The summed E-state index contributed by atoms with van der Waals surface area (Å²) in [7, 11) is 0. The molecule has 6 heteroatoms. The van der Waals surface area contributed by atoms with Crippen LogP contribution < -0.4 is 5.32 Å². The lowest BCUT2D eigenvalue weighted by atomic mass is 10.0. The van der Waals surface area contributed by atoms with Crippen molar-refractivity contribution in [3.05, 3.63) is 88.9 Å². The second-order valence-electron chi connectivity index (χ2n) is 10.2. The Morgan fingerprint density at radius 2 is 1.89 bits per heavy atom. The van der Waals surface area contributed by atoms with Crippen molar-refractivity contribution in [2.45, 2.75) is 52.3 Å². The van der Waals surface area contributed by atoms with Gasteiger partial charge in [0.25, 0.3) is 0 Å². The molecular weight excluding hydrogens is 466 g/mol. The summed E-state index contributed by atoms with van der Waals surface area (Å²) >= 11 is 1.69. The SMILES string of the molecule is C[C@H](CN(CCc1ccccc1)C(=O)OC(C)(C)C)NCc1ccc2cncc(-c3ccsc3)c2c1. The third-order valence-electron chi connectivity index (χ3n) is 5.97. The Morgan fingerprint density at radius 1 is 1.08 bits per heavy atom. The van der Waals surface area contributed by atoms with Crippen LogP contribution in [0.15, 0.2) is 77.8 Å². The van der Waals surface area contributed by atoms with E-state index in [0.717, 1.165) is 17.4 Å². The van der Waals surface area contributed by atoms with E-state index in [0.29, 0.717) is 19.6 Å². The molecule has 1 amide bonds. The number of carbonyl (C=O) groups is 1. The monoisotopic (exact) mass is 501 g/mol. The number of aromatic nitrogens is 1. The Hall–Kier alpha value is -3.22. The van der Waals surface area contributed by atoms with E-state index in [2.05, 4.69) is 64.4 Å². The number of hydrogen-bond donors (Lipinski definition) is 1. The van der Waals surface area contributed by atoms with Crippen LogP contribution >= 0.6 is 11.3 Å². The summed E-state index contributed by atoms with van der Waals surface area (Å²) in [6.45, 7) is 9.72. The lowest BCUT2D eigenvalue weighted by molar-refractivity contribution is 0.0237. The molecule has 0 fully saturated rings. The molecule has 0 spiro atoms. The Morgan fingerprint density at radius 3 is 2.61 bits per heavy atom. The minimum atomic E-state index is -0.529. The zero-order valence-corrected chi connectivity index (χ0v) is 22.3. The predicted octanol–water partition coefficient (Wildman–Crippen LogP) is 6.92. The Labute approximate surface area is 218 Å². The molecule has 0 saturated heterocycles. The van der Waals surface area contributed by atoms with E-state index in [1.807, 2.05) is 56.3 Å². The predicted molar refractivity (Wildman–Crippen MR) is 149 cm³/mol. The van der Waals surface area contributed by atoms with Crippen molar-refractivity contribution in [1.82, 2.24) is 15.2 Å². The van der Waals surface area contributed by atoms with Gasteiger partial charge in [-0.1, -0.05) is 42.5 Å². The smallest absolute Gasteiger partial charge is 0.410 e. The van der Waals surface area contributed by atoms with Crippen LogP contribution in [0, 0.1) is 0 Å². The molecule has 4 aromatic rings. The largest absolute Gasteiger partial charge is 0.444 e. The van der Waals surface area contributed by atoms with Crippen LogP contribution in [0.25, 0.3) is 21.9 Å². The second-order valence-corrected chi connectivity index (χ2v) is 11.0. The molecule has 1 atom stereocenters. The van der Waals surface area contributed by atoms with Gasteiger partial charge in [0.2, 0.25) is 0 Å². The van der Waals surface area contributed by atoms with Crippen LogP contribution in [0.3, 0.4) is 0 Å². The number of carbonyl (C=O) groups excluding carboxylic acids is 1. The highest BCUT2D eigenvalue weighted by molar-refractivity contribution is 7.08. The van der Waals surface area contributed by atoms with Crippen molar-refractivity contribution in [2.24, 2.45) is 0 Å². The summed E-state index contributed by atoms with van der Waals surface area (Å²) in [6.07, 6.45) is 4.37. The summed E-state index contributed by atoms with van der Waals surface area (Å²) < 4.78 is 5.70. The Balaban J connectivity index is 1.42. The molecule has 5 nitrogen and oxygen atoms in total. The van der Waals surface area contributed by atoms with Gasteiger partial charge in [-0.15, -0.1) is 0 Å². The minimum Gasteiger partial charge on any atom is -0.444 e. The molecule has 2 heterocycles. The number of benzene rings is 2. The first-order valence-corrected chi connectivity index (χ1v) is 13.4. The van der Waals surface area contributed by atoms with Gasteiger partial charge < -0.3 is 15.0 Å². The maximum Gasteiger partial charge on any atom is 0.410 e. The van der Waals surface area contributed by atoms with Gasteiger partial charge in [-0.3, -0.25) is 4.98 Å². The maximum absolute atomic E-state index is 13.0. The van der Waals surface area contributed by atoms with Crippen molar-refractivity contribution >= 4 is 28.2 Å². The van der Waals surface area contributed by atoms with Gasteiger partial charge in [0, 0.05) is 49.0 Å². The number of amides is 1. The molecule has 36 heavy (non-hydrogen) atoms. The highest BCUT2D eigenvalue weighted by Crippen LogP contribution is 2.30. The van der Waals surface area contributed by atoms with Gasteiger partial charge in [-0.25, -0.2) is 4.79 Å². The summed E-state index contributed by atoms with van der Waals surface area (Å²) in [6, 6.07) is 19.0. The molecule has 0 unspecified atom stereocenters. The van der Waals surface area contributed by atoms with Gasteiger partial charge in [-0.05, 0) is 79.1 Å². The van der Waals surface area contributed by atoms with Gasteiger partial charge in [-0.2, -0.15) is 11.3 Å². The first kappa shape index (κ1) is 25.9. The summed E-state index contributed by atoms with van der Waals surface area (Å²) in [4.78, 5) is 19.2. The zero-order valence-electron chi connectivity index (χ0n) is 21.5. The van der Waals surface area contributed by atoms with Crippen LogP contribution in [-0.2, 0) is 17.7 Å². The first-order chi connectivity index (χ1) is 17.3. The van der Waals surface area contributed by atoms with Crippen LogP contribution in [0.2, 0.25) is 0 Å². The van der Waals surface area contributed by atoms with E-state index >= 15 is 0 Å². The topological polar surface area (TPSA) is 54.5 Å². The number of ether oxygens (including phenoxy) is 1. The zero-order chi connectivity index (χ0) is 25.5. The van der Waals surface area contributed by atoms with Crippen LogP contribution in [0.5, 0.6) is 0 Å². The van der Waals surface area contributed by atoms with Crippen molar-refractivity contribution in [3.8, 4) is 11.1 Å². The molecule has 2 aromatic heterocycles. The number of nitrogens with one attached hydrogen (secondary N) is 1. The van der Waals surface area contributed by atoms with Crippen molar-refractivity contribution in [2.75, 3.05) is 13.1 Å². The van der Waals surface area contributed by atoms with Gasteiger partial charge in [0.1, 0.15) is 5.60 Å². The average Bonchev–Trinajstić information content (AvgIpc) is 3.39. The van der Waals surface area contributed by atoms with E-state index in [9.17, 15) is 4.79 Å². The lowest BCUT2D eigenvalue weighted by Crippen LogP contribution is -2.45. The molecule has 188 valence electrons. The fourth-order valence-corrected chi connectivity index (χ4v) is 4.80. The van der Waals surface area contributed by atoms with Crippen molar-refractivity contribution < 1.29 is 9.53 Å². The molecule has 1 N–H and O–H groups in total. The lowest BCUT2D eigenvalue weighted by Gasteiger charge is -2.29. The maximum atomic E-state index is 13.0. The van der Waals surface area contributed by atoms with E-state index < -0.39 is 5.60 Å². The number of hydrogen-bond acceptors (Lipinski definition) is 5. The van der Waals surface area contributed by atoms with Crippen LogP contribution in [-0.4, -0.2) is 40.7 Å². The normalized spacial score (nSPS) is 12.4. The number of thiophene rings is 1. The van der Waals surface area contributed by atoms with Gasteiger partial charge in [0.15, 0.2) is 0 Å². The molecule has 4 rings (SSSR count). The molecule has 0 aliphatic rings. The number of nitrogens with zero attached hydrogens (tertiary/aromatic N) is 2. The first-order valence-electron chi connectivity index (χ1n) is 12.4. The third-order valence-corrected chi connectivity index (χ3v) is 6.65. The molecule has 0 aliphatic heterocycles. The highest BCUT2D eigenvalue weighted by Gasteiger charge is 2.23. The summed E-state index contributed by atoms with van der Waals surface area (Å²) in [5, 5.41) is 10.2. The van der Waals surface area contributed by atoms with Crippen molar-refractivity contribution in [1.29, 1.82) is 0 Å². The summed E-state index contributed by atoms with van der Waals surface area (Å²) in [5.74, 6) is 0. The quantitative estimate of drug-likeness (QED) is 0.270. The number of rotatable bonds is 9. The Kier molecular flexibility index (Phi) is 8.39. The second kappa shape index (κ2) is 11.7. The fraction of sp³-hybridized carbons (Fsp3) is 0.333. The standard InChI is InChI=1S/C30H35N3O2S/c1-22(20-33(29(34)35-30(2,3)4)14-12-23-8-6-5-7-9-23)32-17-24-10-11-25-18-31-19-28(27(25)16-24)26-13-15-36-21-26/h5-11,13,15-16,18-19,21-22,32H,12,14,17,20H2,1-4H3/t22-/m1/s1. The third kappa shape index (κ3) is 7.15.